The van der Waals surface area contributed by atoms with Crippen LogP contribution in [0.25, 0.3) is 22.1 Å². The van der Waals surface area contributed by atoms with Gasteiger partial charge in [-0.05, 0) is 17.7 Å². The van der Waals surface area contributed by atoms with E-state index in [-0.39, 0.29) is 6.10 Å². The standard InChI is InChI=1S/C20H17N3O2/c1-2-6-14(7-3-1)17-12-23(10-11-24-17)20-19-18(21-13-22-20)15-8-4-5-9-16(15)25-19/h1-9,13,17H,10-12H2. The van der Waals surface area contributed by atoms with Gasteiger partial charge < -0.3 is 14.1 Å². The van der Waals surface area contributed by atoms with Crippen molar-refractivity contribution in [3.63, 3.8) is 0 Å². The molecule has 1 aliphatic rings. The molecule has 0 spiro atoms. The van der Waals surface area contributed by atoms with Crippen molar-refractivity contribution in [1.82, 2.24) is 9.97 Å². The van der Waals surface area contributed by atoms with Gasteiger partial charge in [-0.2, -0.15) is 0 Å². The van der Waals surface area contributed by atoms with Crippen molar-refractivity contribution in [2.75, 3.05) is 24.6 Å². The Morgan fingerprint density at radius 2 is 1.80 bits per heavy atom. The maximum atomic E-state index is 6.07. The van der Waals surface area contributed by atoms with Crippen LogP contribution in [-0.2, 0) is 4.74 Å². The average Bonchev–Trinajstić information content (AvgIpc) is 3.07. The smallest absolute Gasteiger partial charge is 0.196 e. The minimum atomic E-state index is 0.0318. The summed E-state index contributed by atoms with van der Waals surface area (Å²) in [5, 5.41) is 1.02. The lowest BCUT2D eigenvalue weighted by Crippen LogP contribution is -2.38. The van der Waals surface area contributed by atoms with Gasteiger partial charge in [-0.25, -0.2) is 9.97 Å². The average molecular weight is 331 g/mol. The van der Waals surface area contributed by atoms with Crippen molar-refractivity contribution >= 4 is 27.9 Å². The molecule has 2 aromatic carbocycles. The fourth-order valence-electron chi connectivity index (χ4n) is 3.45. The summed E-state index contributed by atoms with van der Waals surface area (Å²) in [5.41, 5.74) is 3.63. The molecular weight excluding hydrogens is 314 g/mol. The summed E-state index contributed by atoms with van der Waals surface area (Å²) in [6, 6.07) is 18.3. The molecule has 3 heterocycles. The van der Waals surface area contributed by atoms with Crippen molar-refractivity contribution in [1.29, 1.82) is 0 Å². The number of aromatic nitrogens is 2. The van der Waals surface area contributed by atoms with E-state index < -0.39 is 0 Å². The molecule has 1 fully saturated rings. The second kappa shape index (κ2) is 5.86. The van der Waals surface area contributed by atoms with Crippen LogP contribution in [0.3, 0.4) is 0 Å². The van der Waals surface area contributed by atoms with Crippen LogP contribution in [0.5, 0.6) is 0 Å². The van der Waals surface area contributed by atoms with Gasteiger partial charge in [0.25, 0.3) is 0 Å². The first-order valence-corrected chi connectivity index (χ1v) is 8.44. The van der Waals surface area contributed by atoms with E-state index in [2.05, 4.69) is 27.0 Å². The Morgan fingerprint density at radius 1 is 0.960 bits per heavy atom. The molecule has 25 heavy (non-hydrogen) atoms. The number of benzene rings is 2. The predicted molar refractivity (Wildman–Crippen MR) is 96.7 cm³/mol. The highest BCUT2D eigenvalue weighted by molar-refractivity contribution is 6.05. The zero-order valence-corrected chi connectivity index (χ0v) is 13.6. The Bertz CT molecular complexity index is 1030. The number of morpholine rings is 1. The van der Waals surface area contributed by atoms with Crippen molar-refractivity contribution < 1.29 is 9.15 Å². The van der Waals surface area contributed by atoms with Gasteiger partial charge in [-0.15, -0.1) is 0 Å². The fraction of sp³-hybridized carbons (Fsp3) is 0.200. The first-order valence-electron chi connectivity index (χ1n) is 8.44. The van der Waals surface area contributed by atoms with Gasteiger partial charge in [0.05, 0.1) is 6.61 Å². The van der Waals surface area contributed by atoms with Crippen molar-refractivity contribution in [2.24, 2.45) is 0 Å². The lowest BCUT2D eigenvalue weighted by molar-refractivity contribution is 0.0396. The molecule has 5 heteroatoms. The number of ether oxygens (including phenoxy) is 1. The number of nitrogens with zero attached hydrogens (tertiary/aromatic N) is 3. The molecule has 5 nitrogen and oxygen atoms in total. The van der Waals surface area contributed by atoms with Gasteiger partial charge in [0, 0.05) is 18.5 Å². The van der Waals surface area contributed by atoms with Crippen LogP contribution in [0.4, 0.5) is 5.82 Å². The van der Waals surface area contributed by atoms with Crippen LogP contribution in [-0.4, -0.2) is 29.7 Å². The lowest BCUT2D eigenvalue weighted by Gasteiger charge is -2.33. The van der Waals surface area contributed by atoms with E-state index >= 15 is 0 Å². The number of hydrogen-bond acceptors (Lipinski definition) is 5. The van der Waals surface area contributed by atoms with Crippen molar-refractivity contribution in [2.45, 2.75) is 6.10 Å². The summed E-state index contributed by atoms with van der Waals surface area (Å²) in [5.74, 6) is 0.838. The van der Waals surface area contributed by atoms with Crippen LogP contribution in [0.2, 0.25) is 0 Å². The number of rotatable bonds is 2. The Kier molecular flexibility index (Phi) is 3.38. The first-order chi connectivity index (χ1) is 12.4. The Hall–Kier alpha value is -2.92. The van der Waals surface area contributed by atoms with E-state index in [1.165, 1.54) is 5.56 Å². The lowest BCUT2D eigenvalue weighted by atomic mass is 10.1. The van der Waals surface area contributed by atoms with Crippen LogP contribution < -0.4 is 4.90 Å². The molecule has 1 saturated heterocycles. The molecule has 0 bridgehead atoms. The fourth-order valence-corrected chi connectivity index (χ4v) is 3.45. The number of furan rings is 1. The molecule has 0 saturated carbocycles. The van der Waals surface area contributed by atoms with E-state index in [4.69, 9.17) is 9.15 Å². The molecule has 0 N–H and O–H groups in total. The molecule has 1 unspecified atom stereocenters. The number of fused-ring (bicyclic) bond motifs is 3. The molecule has 5 rings (SSSR count). The molecule has 0 radical (unpaired) electrons. The molecule has 124 valence electrons. The normalized spacial score (nSPS) is 18.1. The monoisotopic (exact) mass is 331 g/mol. The summed E-state index contributed by atoms with van der Waals surface area (Å²) in [6.45, 7) is 2.19. The topological polar surface area (TPSA) is 51.4 Å². The van der Waals surface area contributed by atoms with Crippen LogP contribution >= 0.6 is 0 Å². The van der Waals surface area contributed by atoms with Gasteiger partial charge in [-0.1, -0.05) is 42.5 Å². The largest absolute Gasteiger partial charge is 0.450 e. The molecule has 0 aliphatic carbocycles. The molecular formula is C20H17N3O2. The van der Waals surface area contributed by atoms with E-state index in [0.29, 0.717) is 6.61 Å². The third-order valence-corrected chi connectivity index (χ3v) is 4.68. The van der Waals surface area contributed by atoms with Crippen LogP contribution in [0.1, 0.15) is 11.7 Å². The molecule has 1 atom stereocenters. The highest BCUT2D eigenvalue weighted by Crippen LogP contribution is 2.34. The minimum Gasteiger partial charge on any atom is -0.450 e. The third-order valence-electron chi connectivity index (χ3n) is 4.68. The van der Waals surface area contributed by atoms with Crippen LogP contribution in [0, 0.1) is 0 Å². The zero-order chi connectivity index (χ0) is 16.6. The molecule has 1 aliphatic heterocycles. The van der Waals surface area contributed by atoms with E-state index in [1.807, 2.05) is 42.5 Å². The first kappa shape index (κ1) is 14.4. The summed E-state index contributed by atoms with van der Waals surface area (Å²) >= 11 is 0. The van der Waals surface area contributed by atoms with E-state index in [0.717, 1.165) is 41.0 Å². The molecule has 4 aromatic rings. The SMILES string of the molecule is c1ccc(C2CN(c3ncnc4c3oc3ccccc34)CCO2)cc1. The van der Waals surface area contributed by atoms with E-state index in [1.54, 1.807) is 6.33 Å². The Balaban J connectivity index is 1.56. The molecule has 0 amide bonds. The highest BCUT2D eigenvalue weighted by atomic mass is 16.5. The quantitative estimate of drug-likeness (QED) is 0.556. The Labute approximate surface area is 144 Å². The van der Waals surface area contributed by atoms with Crippen LogP contribution in [0.15, 0.2) is 65.3 Å². The minimum absolute atomic E-state index is 0.0318. The van der Waals surface area contributed by atoms with E-state index in [9.17, 15) is 0 Å². The summed E-state index contributed by atoms with van der Waals surface area (Å²) in [7, 11) is 0. The second-order valence-electron chi connectivity index (χ2n) is 6.19. The number of anilines is 1. The highest BCUT2D eigenvalue weighted by Gasteiger charge is 2.25. The summed E-state index contributed by atoms with van der Waals surface area (Å²) in [4.78, 5) is 11.2. The van der Waals surface area contributed by atoms with Crippen molar-refractivity contribution in [3.05, 3.63) is 66.5 Å². The Morgan fingerprint density at radius 3 is 2.72 bits per heavy atom. The number of hydrogen-bond donors (Lipinski definition) is 0. The predicted octanol–water partition coefficient (Wildman–Crippen LogP) is 3.95. The van der Waals surface area contributed by atoms with Gasteiger partial charge in [0.1, 0.15) is 23.5 Å². The van der Waals surface area contributed by atoms with Gasteiger partial charge in [0.2, 0.25) is 0 Å². The van der Waals surface area contributed by atoms with Gasteiger partial charge in [-0.3, -0.25) is 0 Å². The van der Waals surface area contributed by atoms with Gasteiger partial charge >= 0.3 is 0 Å². The second-order valence-corrected chi connectivity index (χ2v) is 6.19. The summed E-state index contributed by atoms with van der Waals surface area (Å²) in [6.07, 6.45) is 1.65. The zero-order valence-electron chi connectivity index (χ0n) is 13.6. The number of para-hydroxylation sites is 1. The van der Waals surface area contributed by atoms with Crippen molar-refractivity contribution in [3.8, 4) is 0 Å². The maximum Gasteiger partial charge on any atom is 0.196 e. The maximum absolute atomic E-state index is 6.07. The van der Waals surface area contributed by atoms with Gasteiger partial charge in [0.15, 0.2) is 11.4 Å². The summed E-state index contributed by atoms with van der Waals surface area (Å²) < 4.78 is 12.0. The third kappa shape index (κ3) is 2.44. The molecule has 2 aromatic heterocycles.